The lowest BCUT2D eigenvalue weighted by molar-refractivity contribution is 0.240. The Bertz CT molecular complexity index is 344. The van der Waals surface area contributed by atoms with Crippen LogP contribution in [0.15, 0.2) is 16.9 Å². The van der Waals surface area contributed by atoms with Crippen molar-refractivity contribution in [3.63, 3.8) is 0 Å². The number of nitrogens with zero attached hydrogens (tertiary/aromatic N) is 2. The van der Waals surface area contributed by atoms with Crippen molar-refractivity contribution in [2.45, 2.75) is 20.0 Å². The molecule has 3 nitrogen and oxygen atoms in total. The monoisotopic (exact) mass is 240 g/mol. The molecular formula is C9H9BrN2O. The van der Waals surface area contributed by atoms with E-state index in [0.29, 0.717) is 15.9 Å². The normalized spacial score (nSPS) is 9.77. The van der Waals surface area contributed by atoms with Crippen LogP contribution in [0.25, 0.3) is 0 Å². The van der Waals surface area contributed by atoms with Gasteiger partial charge in [0, 0.05) is 0 Å². The Morgan fingerprint density at radius 3 is 2.85 bits per heavy atom. The number of nitriles is 1. The van der Waals surface area contributed by atoms with E-state index in [4.69, 9.17) is 10.00 Å². The molecule has 0 saturated carbocycles. The van der Waals surface area contributed by atoms with E-state index in [0.717, 1.165) is 0 Å². The Labute approximate surface area is 85.5 Å². The van der Waals surface area contributed by atoms with Crippen molar-refractivity contribution in [2.24, 2.45) is 0 Å². The summed E-state index contributed by atoms with van der Waals surface area (Å²) in [5, 5.41) is 8.78. The van der Waals surface area contributed by atoms with E-state index < -0.39 is 0 Å². The molecule has 0 aliphatic heterocycles. The van der Waals surface area contributed by atoms with Crippen LogP contribution in [0, 0.1) is 11.3 Å². The van der Waals surface area contributed by atoms with Gasteiger partial charge >= 0.3 is 0 Å². The second-order valence-electron chi connectivity index (χ2n) is 2.78. The smallest absolute Gasteiger partial charge is 0.155 e. The molecule has 0 N–H and O–H groups in total. The molecule has 0 aliphatic carbocycles. The fraction of sp³-hybridized carbons (Fsp3) is 0.333. The highest BCUT2D eigenvalue weighted by atomic mass is 79.9. The first-order valence-electron chi connectivity index (χ1n) is 3.85. The summed E-state index contributed by atoms with van der Waals surface area (Å²) in [5.74, 6) is 0.528. The van der Waals surface area contributed by atoms with Crippen LogP contribution >= 0.6 is 15.9 Å². The highest BCUT2D eigenvalue weighted by Gasteiger charge is 2.06. The van der Waals surface area contributed by atoms with Crippen molar-refractivity contribution >= 4 is 15.9 Å². The van der Waals surface area contributed by atoms with Crippen molar-refractivity contribution < 1.29 is 4.74 Å². The molecular weight excluding hydrogens is 232 g/mol. The molecule has 0 aromatic carbocycles. The van der Waals surface area contributed by atoms with Crippen molar-refractivity contribution in [1.82, 2.24) is 4.98 Å². The zero-order valence-corrected chi connectivity index (χ0v) is 9.00. The van der Waals surface area contributed by atoms with Gasteiger partial charge in [0.05, 0.1) is 17.9 Å². The molecule has 4 heteroatoms. The Morgan fingerprint density at radius 2 is 2.31 bits per heavy atom. The molecule has 0 spiro atoms. The minimum Gasteiger partial charge on any atom is -0.488 e. The number of pyridine rings is 1. The summed E-state index contributed by atoms with van der Waals surface area (Å²) in [6.45, 7) is 3.81. The van der Waals surface area contributed by atoms with Crippen LogP contribution in [0.3, 0.4) is 0 Å². The van der Waals surface area contributed by atoms with Crippen LogP contribution in [0.5, 0.6) is 5.75 Å². The van der Waals surface area contributed by atoms with E-state index in [9.17, 15) is 0 Å². The minimum atomic E-state index is 0.0510. The highest BCUT2D eigenvalue weighted by Crippen LogP contribution is 2.20. The Morgan fingerprint density at radius 1 is 1.62 bits per heavy atom. The number of hydrogen-bond donors (Lipinski definition) is 0. The van der Waals surface area contributed by atoms with Gasteiger partial charge in [-0.25, -0.2) is 4.98 Å². The van der Waals surface area contributed by atoms with E-state index in [1.165, 1.54) is 0 Å². The van der Waals surface area contributed by atoms with Gasteiger partial charge in [-0.1, -0.05) is 0 Å². The van der Waals surface area contributed by atoms with Crippen LogP contribution in [-0.4, -0.2) is 11.1 Å². The molecule has 13 heavy (non-hydrogen) atoms. The molecule has 0 unspecified atom stereocenters. The molecule has 0 atom stereocenters. The molecule has 1 heterocycles. The third kappa shape index (κ3) is 2.71. The summed E-state index contributed by atoms with van der Waals surface area (Å²) in [6, 6.07) is 3.68. The van der Waals surface area contributed by atoms with E-state index in [-0.39, 0.29) is 6.10 Å². The summed E-state index contributed by atoms with van der Waals surface area (Å²) in [5.41, 5.74) is 0.496. The average Bonchev–Trinajstić information content (AvgIpc) is 2.07. The van der Waals surface area contributed by atoms with Crippen molar-refractivity contribution in [1.29, 1.82) is 5.26 Å². The lowest BCUT2D eigenvalue weighted by atomic mass is 10.3. The maximum Gasteiger partial charge on any atom is 0.155 e. The maximum absolute atomic E-state index is 8.78. The van der Waals surface area contributed by atoms with Gasteiger partial charge in [0.1, 0.15) is 10.7 Å². The van der Waals surface area contributed by atoms with Crippen LogP contribution in [0.4, 0.5) is 0 Å². The first kappa shape index (κ1) is 10.0. The molecule has 0 aliphatic rings. The van der Waals surface area contributed by atoms with Crippen LogP contribution in [0.2, 0.25) is 0 Å². The third-order valence-corrected chi connectivity index (χ3v) is 1.75. The Kier molecular flexibility index (Phi) is 3.26. The lowest BCUT2D eigenvalue weighted by Gasteiger charge is -2.10. The van der Waals surface area contributed by atoms with E-state index in [2.05, 4.69) is 20.9 Å². The molecule has 1 aromatic heterocycles. The van der Waals surface area contributed by atoms with Crippen LogP contribution in [0.1, 0.15) is 19.4 Å². The Hall–Kier alpha value is -1.08. The van der Waals surface area contributed by atoms with Gasteiger partial charge in [0.25, 0.3) is 0 Å². The molecule has 0 radical (unpaired) electrons. The molecule has 1 aromatic rings. The van der Waals surface area contributed by atoms with E-state index >= 15 is 0 Å². The van der Waals surface area contributed by atoms with E-state index in [1.807, 2.05) is 19.9 Å². The fourth-order valence-electron chi connectivity index (χ4n) is 0.853. The number of hydrogen-bond acceptors (Lipinski definition) is 3. The van der Waals surface area contributed by atoms with Crippen LogP contribution in [-0.2, 0) is 0 Å². The zero-order chi connectivity index (χ0) is 9.84. The predicted octanol–water partition coefficient (Wildman–Crippen LogP) is 2.50. The first-order valence-corrected chi connectivity index (χ1v) is 4.65. The summed E-state index contributed by atoms with van der Waals surface area (Å²) in [7, 11) is 0. The van der Waals surface area contributed by atoms with Crippen molar-refractivity contribution in [3.8, 4) is 11.8 Å². The summed E-state index contributed by atoms with van der Waals surface area (Å²) >= 11 is 3.19. The van der Waals surface area contributed by atoms with Gasteiger partial charge in [0.15, 0.2) is 5.75 Å². The fourth-order valence-corrected chi connectivity index (χ4v) is 1.18. The lowest BCUT2D eigenvalue weighted by Crippen LogP contribution is -2.07. The van der Waals surface area contributed by atoms with Gasteiger partial charge < -0.3 is 4.74 Å². The summed E-state index contributed by atoms with van der Waals surface area (Å²) in [6.07, 6.45) is 1.60. The second kappa shape index (κ2) is 4.24. The quantitative estimate of drug-likeness (QED) is 0.747. The van der Waals surface area contributed by atoms with Crippen LogP contribution < -0.4 is 4.74 Å². The number of ether oxygens (including phenoxy) is 1. The largest absolute Gasteiger partial charge is 0.488 e. The second-order valence-corrected chi connectivity index (χ2v) is 3.59. The van der Waals surface area contributed by atoms with Gasteiger partial charge in [0.2, 0.25) is 0 Å². The Balaban J connectivity index is 3.01. The SMILES string of the molecule is CC(C)Oc1cnc(Br)cc1C#N. The van der Waals surface area contributed by atoms with Gasteiger partial charge in [-0.2, -0.15) is 5.26 Å². The minimum absolute atomic E-state index is 0.0510. The van der Waals surface area contributed by atoms with Gasteiger partial charge in [-0.15, -0.1) is 0 Å². The summed E-state index contributed by atoms with van der Waals surface area (Å²) in [4.78, 5) is 3.98. The van der Waals surface area contributed by atoms with E-state index in [1.54, 1.807) is 12.3 Å². The molecule has 0 fully saturated rings. The zero-order valence-electron chi connectivity index (χ0n) is 7.41. The van der Waals surface area contributed by atoms with Gasteiger partial charge in [-0.3, -0.25) is 0 Å². The molecule has 68 valence electrons. The number of aromatic nitrogens is 1. The number of halogens is 1. The highest BCUT2D eigenvalue weighted by molar-refractivity contribution is 9.10. The molecule has 0 bridgehead atoms. The predicted molar refractivity (Wildman–Crippen MR) is 52.4 cm³/mol. The van der Waals surface area contributed by atoms with Crippen molar-refractivity contribution in [3.05, 3.63) is 22.4 Å². The standard InChI is InChI=1S/C9H9BrN2O/c1-6(2)13-8-5-12-9(10)3-7(8)4-11/h3,5-6H,1-2H3. The first-order chi connectivity index (χ1) is 6.13. The molecule has 0 saturated heterocycles. The van der Waals surface area contributed by atoms with Crippen molar-refractivity contribution in [2.75, 3.05) is 0 Å². The number of rotatable bonds is 2. The topological polar surface area (TPSA) is 45.9 Å². The molecule has 0 amide bonds. The third-order valence-electron chi connectivity index (χ3n) is 1.32. The average molecular weight is 241 g/mol. The van der Waals surface area contributed by atoms with Gasteiger partial charge in [-0.05, 0) is 35.8 Å². The molecule has 1 rings (SSSR count). The maximum atomic E-state index is 8.78. The summed E-state index contributed by atoms with van der Waals surface area (Å²) < 4.78 is 6.02.